The zero-order valence-electron chi connectivity index (χ0n) is 26.6. The number of hydrogen-bond donors (Lipinski definition) is 3. The summed E-state index contributed by atoms with van der Waals surface area (Å²) in [6.07, 6.45) is 1.87. The number of Topliss-reactive ketones (excluding diaryl/α,β-unsaturated/α-hetero) is 1. The fourth-order valence-corrected chi connectivity index (χ4v) is 6.06. The van der Waals surface area contributed by atoms with E-state index >= 15 is 0 Å². The largest absolute Gasteiger partial charge is 0.444 e. The van der Waals surface area contributed by atoms with Gasteiger partial charge in [0, 0.05) is 20.2 Å². The van der Waals surface area contributed by atoms with Gasteiger partial charge in [-0.05, 0) is 56.3 Å². The predicted octanol–water partition coefficient (Wildman–Crippen LogP) is 2.81. The number of rotatable bonds is 12. The zero-order chi connectivity index (χ0) is 31.3. The first-order valence-corrected chi connectivity index (χ1v) is 14.8. The Morgan fingerprint density at radius 2 is 1.66 bits per heavy atom. The summed E-state index contributed by atoms with van der Waals surface area (Å²) >= 11 is 0. The third-order valence-corrected chi connectivity index (χ3v) is 7.93. The summed E-state index contributed by atoms with van der Waals surface area (Å²) in [5.41, 5.74) is -1.62. The molecule has 0 spiro atoms. The summed E-state index contributed by atoms with van der Waals surface area (Å²) in [5, 5.41) is 8.12. The average molecular weight is 581 g/mol. The van der Waals surface area contributed by atoms with E-state index in [1.807, 2.05) is 27.7 Å². The second-order valence-corrected chi connectivity index (χ2v) is 14.2. The van der Waals surface area contributed by atoms with Crippen LogP contribution in [0.3, 0.4) is 0 Å². The fourth-order valence-electron chi connectivity index (χ4n) is 6.06. The second kappa shape index (κ2) is 13.5. The maximum atomic E-state index is 14.1. The van der Waals surface area contributed by atoms with Crippen LogP contribution in [0.15, 0.2) is 0 Å². The van der Waals surface area contributed by atoms with Crippen molar-refractivity contribution in [2.24, 2.45) is 22.7 Å². The lowest BCUT2D eigenvalue weighted by Gasteiger charge is -2.49. The Kier molecular flexibility index (Phi) is 11.4. The van der Waals surface area contributed by atoms with E-state index in [-0.39, 0.29) is 36.3 Å². The van der Waals surface area contributed by atoms with Crippen LogP contribution in [-0.4, -0.2) is 85.0 Å². The molecule has 0 aromatic carbocycles. The Balaban J connectivity index is 2.35. The summed E-state index contributed by atoms with van der Waals surface area (Å²) < 4.78 is 10.4. The van der Waals surface area contributed by atoms with E-state index in [1.54, 1.807) is 25.7 Å². The van der Waals surface area contributed by atoms with Crippen molar-refractivity contribution in [1.29, 1.82) is 0 Å². The van der Waals surface area contributed by atoms with Gasteiger partial charge in [-0.1, -0.05) is 54.4 Å². The van der Waals surface area contributed by atoms with Gasteiger partial charge in [-0.3, -0.25) is 19.2 Å². The van der Waals surface area contributed by atoms with Gasteiger partial charge in [-0.15, -0.1) is 0 Å². The predicted molar refractivity (Wildman–Crippen MR) is 155 cm³/mol. The summed E-state index contributed by atoms with van der Waals surface area (Å²) in [7, 11) is 1.50. The van der Waals surface area contributed by atoms with E-state index in [9.17, 15) is 24.0 Å². The molecule has 1 aliphatic carbocycles. The zero-order valence-corrected chi connectivity index (χ0v) is 26.6. The first kappa shape index (κ1) is 34.5. The van der Waals surface area contributed by atoms with Crippen LogP contribution >= 0.6 is 0 Å². The number of carbonyl (C=O) groups is 5. The third-order valence-electron chi connectivity index (χ3n) is 7.93. The number of ether oxygens (including phenoxy) is 2. The van der Waals surface area contributed by atoms with Crippen LogP contribution in [0.1, 0.15) is 88.0 Å². The van der Waals surface area contributed by atoms with Gasteiger partial charge in [-0.25, -0.2) is 4.79 Å². The van der Waals surface area contributed by atoms with Gasteiger partial charge in [-0.2, -0.15) is 0 Å². The van der Waals surface area contributed by atoms with Crippen molar-refractivity contribution in [3.05, 3.63) is 0 Å². The van der Waals surface area contributed by atoms with Crippen LogP contribution in [-0.2, 0) is 28.7 Å². The van der Waals surface area contributed by atoms with Gasteiger partial charge < -0.3 is 30.3 Å². The molecule has 5 atom stereocenters. The van der Waals surface area contributed by atoms with Crippen molar-refractivity contribution in [1.82, 2.24) is 20.9 Å². The van der Waals surface area contributed by atoms with Gasteiger partial charge in [0.15, 0.2) is 0 Å². The molecule has 1 saturated carbocycles. The number of ketones is 1. The minimum atomic E-state index is -1.01. The quantitative estimate of drug-likeness (QED) is 0.238. The lowest BCUT2D eigenvalue weighted by molar-refractivity contribution is -0.146. The minimum absolute atomic E-state index is 0.119. The Hall–Kier alpha value is -2.69. The summed E-state index contributed by atoms with van der Waals surface area (Å²) in [6.45, 7) is 17.7. The minimum Gasteiger partial charge on any atom is -0.444 e. The molecule has 0 radical (unpaired) electrons. The van der Waals surface area contributed by atoms with E-state index in [0.717, 1.165) is 12.8 Å². The number of unbranched alkanes of at least 4 members (excludes halogenated alkanes) is 1. The number of methoxy groups -OCH3 is 1. The van der Waals surface area contributed by atoms with Gasteiger partial charge in [0.05, 0.1) is 12.6 Å². The van der Waals surface area contributed by atoms with Crippen LogP contribution in [0.25, 0.3) is 0 Å². The highest BCUT2D eigenvalue weighted by atomic mass is 16.6. The van der Waals surface area contributed by atoms with Gasteiger partial charge in [0.2, 0.25) is 17.6 Å². The molecule has 2 aliphatic rings. The maximum Gasteiger partial charge on any atom is 0.408 e. The highest BCUT2D eigenvalue weighted by Crippen LogP contribution is 2.57. The molecule has 0 bridgehead atoms. The highest BCUT2D eigenvalue weighted by Gasteiger charge is 2.61. The molecule has 2 unspecified atom stereocenters. The molecule has 1 saturated heterocycles. The van der Waals surface area contributed by atoms with Crippen LogP contribution in [0, 0.1) is 22.7 Å². The molecule has 0 aromatic heterocycles. The van der Waals surface area contributed by atoms with Crippen molar-refractivity contribution in [3.63, 3.8) is 0 Å². The molecule has 41 heavy (non-hydrogen) atoms. The Morgan fingerprint density at radius 1 is 1.02 bits per heavy atom. The van der Waals surface area contributed by atoms with Crippen molar-refractivity contribution < 1.29 is 33.4 Å². The van der Waals surface area contributed by atoms with E-state index in [2.05, 4.69) is 29.8 Å². The topological polar surface area (TPSA) is 143 Å². The molecule has 0 aromatic rings. The standard InChI is InChI=1S/C30H52N4O7/c1-11-12-13-19(22(35)25(37)31-14-15-40-10)32-24(36)21-20-18(16-30(20,8)9)17-34(21)26(38)23(28(2,3)4)33-27(39)41-29(5,6)7/h18-21,23H,11-17H2,1-10H3,(H,31,37)(H,32,36)(H,33,39)/t18-,19?,20-,21?,23+/m0/s1. The van der Waals surface area contributed by atoms with Gasteiger partial charge >= 0.3 is 6.09 Å². The smallest absolute Gasteiger partial charge is 0.408 e. The molecule has 3 N–H and O–H groups in total. The lowest BCUT2D eigenvalue weighted by atomic mass is 9.55. The molecule has 2 fully saturated rings. The number of hydrogen-bond acceptors (Lipinski definition) is 7. The summed E-state index contributed by atoms with van der Waals surface area (Å²) in [6, 6.07) is -2.80. The van der Waals surface area contributed by atoms with E-state index in [4.69, 9.17) is 9.47 Å². The number of carbonyl (C=O) groups excluding carboxylic acids is 5. The van der Waals surface area contributed by atoms with Crippen LogP contribution in [0.5, 0.6) is 0 Å². The molecule has 11 heteroatoms. The van der Waals surface area contributed by atoms with Gasteiger partial charge in [0.1, 0.15) is 17.7 Å². The number of fused-ring (bicyclic) bond motifs is 1. The highest BCUT2D eigenvalue weighted by molar-refractivity contribution is 6.38. The summed E-state index contributed by atoms with van der Waals surface area (Å²) in [5.74, 6) is -2.33. The Morgan fingerprint density at radius 3 is 2.17 bits per heavy atom. The average Bonchev–Trinajstić information content (AvgIpc) is 3.17. The Labute approximate surface area is 245 Å². The monoisotopic (exact) mass is 580 g/mol. The molecule has 2 rings (SSSR count). The third kappa shape index (κ3) is 8.90. The summed E-state index contributed by atoms with van der Waals surface area (Å²) in [4.78, 5) is 68.0. The van der Waals surface area contributed by atoms with Crippen molar-refractivity contribution in [2.45, 2.75) is 112 Å². The van der Waals surface area contributed by atoms with Crippen molar-refractivity contribution in [2.75, 3.05) is 26.8 Å². The van der Waals surface area contributed by atoms with Crippen LogP contribution < -0.4 is 16.0 Å². The van der Waals surface area contributed by atoms with E-state index in [0.29, 0.717) is 19.4 Å². The van der Waals surface area contributed by atoms with E-state index in [1.165, 1.54) is 7.11 Å². The number of likely N-dealkylation sites (tertiary alicyclic amines) is 1. The number of nitrogens with one attached hydrogen (secondary N) is 3. The number of nitrogens with zero attached hydrogens (tertiary/aromatic N) is 1. The van der Waals surface area contributed by atoms with Crippen molar-refractivity contribution >= 4 is 29.6 Å². The van der Waals surface area contributed by atoms with Crippen LogP contribution in [0.2, 0.25) is 0 Å². The first-order chi connectivity index (χ1) is 18.8. The lowest BCUT2D eigenvalue weighted by Crippen LogP contribution is -2.61. The van der Waals surface area contributed by atoms with E-state index < -0.39 is 52.8 Å². The number of alkyl carbamates (subject to hydrolysis) is 1. The SMILES string of the molecule is CCCCC(NC(=O)C1[C@@H]2[C@H](CN1C(=O)[C@@H](NC(=O)OC(C)(C)C)C(C)(C)C)CC2(C)C)C(=O)C(=O)NCCOC. The molecule has 11 nitrogen and oxygen atoms in total. The second-order valence-electron chi connectivity index (χ2n) is 14.2. The molecule has 1 aliphatic heterocycles. The fraction of sp³-hybridized carbons (Fsp3) is 0.833. The van der Waals surface area contributed by atoms with Crippen molar-refractivity contribution in [3.8, 4) is 0 Å². The molecule has 234 valence electrons. The Bertz CT molecular complexity index is 982. The molecular formula is C30H52N4O7. The van der Waals surface area contributed by atoms with Gasteiger partial charge in [0.25, 0.3) is 5.91 Å². The first-order valence-electron chi connectivity index (χ1n) is 14.8. The number of amides is 4. The molecule has 1 heterocycles. The maximum absolute atomic E-state index is 14.1. The molecular weight excluding hydrogens is 528 g/mol. The molecule has 4 amide bonds. The van der Waals surface area contributed by atoms with Crippen LogP contribution in [0.4, 0.5) is 4.79 Å². The normalized spacial score (nSPS) is 23.0.